The largest absolute Gasteiger partial charge is 0.340 e. The number of aryl methyl sites for hydroxylation is 2. The standard InChI is InChI=1S/C31H35BrN2O/c1-3-5-7-9-16-33-27-15-14-22(21-35)18-23(27)24-19-30-25(20-29(24)33)31-26(32)12-11-13-28(31)34(30)17-10-8-6-4-2/h11-15,18-21H,3-10,16-17H2,1-2H3. The second kappa shape index (κ2) is 10.6. The highest BCUT2D eigenvalue weighted by molar-refractivity contribution is 9.10. The van der Waals surface area contributed by atoms with E-state index < -0.39 is 0 Å². The van der Waals surface area contributed by atoms with Crippen LogP contribution in [0.4, 0.5) is 0 Å². The van der Waals surface area contributed by atoms with E-state index in [2.05, 4.69) is 81.4 Å². The average molecular weight is 532 g/mol. The maximum Gasteiger partial charge on any atom is 0.150 e. The quantitative estimate of drug-likeness (QED) is 0.123. The summed E-state index contributed by atoms with van der Waals surface area (Å²) in [6.07, 6.45) is 10.9. The van der Waals surface area contributed by atoms with Crippen molar-refractivity contribution < 1.29 is 4.79 Å². The Balaban J connectivity index is 1.76. The first-order chi connectivity index (χ1) is 17.2. The second-order valence-electron chi connectivity index (χ2n) is 9.84. The second-order valence-corrected chi connectivity index (χ2v) is 10.7. The van der Waals surface area contributed by atoms with Gasteiger partial charge in [0.25, 0.3) is 0 Å². The van der Waals surface area contributed by atoms with Gasteiger partial charge in [0, 0.05) is 61.2 Å². The zero-order valence-corrected chi connectivity index (χ0v) is 22.5. The number of aldehydes is 1. The van der Waals surface area contributed by atoms with Gasteiger partial charge in [0.2, 0.25) is 0 Å². The topological polar surface area (TPSA) is 26.9 Å². The van der Waals surface area contributed by atoms with Crippen molar-refractivity contribution in [1.29, 1.82) is 0 Å². The summed E-state index contributed by atoms with van der Waals surface area (Å²) in [6, 6.07) is 17.5. The Morgan fingerprint density at radius 2 is 1.31 bits per heavy atom. The van der Waals surface area contributed by atoms with Crippen LogP contribution in [0.3, 0.4) is 0 Å². The molecule has 182 valence electrons. The van der Waals surface area contributed by atoms with Gasteiger partial charge in [-0.3, -0.25) is 4.79 Å². The highest BCUT2D eigenvalue weighted by Gasteiger charge is 2.18. The summed E-state index contributed by atoms with van der Waals surface area (Å²) in [4.78, 5) is 11.6. The summed E-state index contributed by atoms with van der Waals surface area (Å²) >= 11 is 3.86. The number of hydrogen-bond donors (Lipinski definition) is 0. The monoisotopic (exact) mass is 530 g/mol. The smallest absolute Gasteiger partial charge is 0.150 e. The van der Waals surface area contributed by atoms with Crippen molar-refractivity contribution in [3.63, 3.8) is 0 Å². The fraction of sp³-hybridized carbons (Fsp3) is 0.387. The third-order valence-electron chi connectivity index (χ3n) is 7.46. The Labute approximate surface area is 216 Å². The Hall–Kier alpha value is -2.59. The number of carbonyl (C=O) groups is 1. The van der Waals surface area contributed by atoms with Gasteiger partial charge in [-0.25, -0.2) is 0 Å². The lowest BCUT2D eigenvalue weighted by Crippen LogP contribution is -1.99. The third-order valence-corrected chi connectivity index (χ3v) is 8.12. The lowest BCUT2D eigenvalue weighted by Gasteiger charge is -2.09. The lowest BCUT2D eigenvalue weighted by atomic mass is 10.1. The fourth-order valence-electron chi connectivity index (χ4n) is 5.66. The van der Waals surface area contributed by atoms with Crippen LogP contribution in [0, 0.1) is 0 Å². The SMILES string of the molecule is CCCCCCn1c2ccc(C=O)cc2c2cc3c(cc21)c1c(Br)cccc1n3CCCCCC. The molecule has 0 N–H and O–H groups in total. The molecular weight excluding hydrogens is 496 g/mol. The molecule has 0 unspecified atom stereocenters. The van der Waals surface area contributed by atoms with Gasteiger partial charge >= 0.3 is 0 Å². The molecule has 0 radical (unpaired) electrons. The highest BCUT2D eigenvalue weighted by Crippen LogP contribution is 2.40. The molecule has 35 heavy (non-hydrogen) atoms. The number of halogens is 1. The summed E-state index contributed by atoms with van der Waals surface area (Å²) in [7, 11) is 0. The molecule has 4 heteroatoms. The molecule has 0 aliphatic heterocycles. The summed E-state index contributed by atoms with van der Waals surface area (Å²) in [5.74, 6) is 0. The third kappa shape index (κ3) is 4.42. The Morgan fingerprint density at radius 1 is 0.686 bits per heavy atom. The van der Waals surface area contributed by atoms with Gasteiger partial charge in [-0.2, -0.15) is 0 Å². The molecule has 5 rings (SSSR count). The molecule has 0 spiro atoms. The molecule has 0 saturated carbocycles. The van der Waals surface area contributed by atoms with E-state index in [1.165, 1.54) is 95.0 Å². The van der Waals surface area contributed by atoms with Crippen LogP contribution < -0.4 is 0 Å². The molecular formula is C31H35BrN2O. The number of aromatic nitrogens is 2. The number of carbonyl (C=O) groups excluding carboxylic acids is 1. The van der Waals surface area contributed by atoms with Crippen molar-refractivity contribution in [1.82, 2.24) is 9.13 Å². The van der Waals surface area contributed by atoms with Crippen LogP contribution in [0.2, 0.25) is 0 Å². The van der Waals surface area contributed by atoms with Gasteiger partial charge in [-0.1, -0.05) is 74.4 Å². The van der Waals surface area contributed by atoms with Crippen molar-refractivity contribution >= 4 is 65.8 Å². The Morgan fingerprint density at radius 3 is 2.00 bits per heavy atom. The number of benzene rings is 3. The molecule has 0 bridgehead atoms. The minimum Gasteiger partial charge on any atom is -0.340 e. The Bertz CT molecular complexity index is 1510. The van der Waals surface area contributed by atoms with Crippen LogP contribution in [0.1, 0.15) is 75.6 Å². The van der Waals surface area contributed by atoms with E-state index in [0.29, 0.717) is 0 Å². The van der Waals surface area contributed by atoms with Gasteiger partial charge in [0.15, 0.2) is 0 Å². The van der Waals surface area contributed by atoms with Gasteiger partial charge in [-0.15, -0.1) is 0 Å². The van der Waals surface area contributed by atoms with Crippen LogP contribution in [-0.2, 0) is 13.1 Å². The molecule has 0 amide bonds. The molecule has 3 aromatic carbocycles. The van der Waals surface area contributed by atoms with Crippen LogP contribution in [0.25, 0.3) is 43.6 Å². The summed E-state index contributed by atoms with van der Waals surface area (Å²) in [5, 5.41) is 5.05. The van der Waals surface area contributed by atoms with Gasteiger partial charge in [-0.05, 0) is 55.3 Å². The molecule has 5 aromatic rings. The van der Waals surface area contributed by atoms with E-state index in [-0.39, 0.29) is 0 Å². The van der Waals surface area contributed by atoms with Crippen LogP contribution >= 0.6 is 15.9 Å². The molecule has 0 fully saturated rings. The van der Waals surface area contributed by atoms with Crippen molar-refractivity contribution in [2.24, 2.45) is 0 Å². The predicted octanol–water partition coefficient (Wildman–Crippen LogP) is 9.64. The van der Waals surface area contributed by atoms with Crippen LogP contribution in [0.5, 0.6) is 0 Å². The first-order valence-electron chi connectivity index (χ1n) is 13.3. The average Bonchev–Trinajstić information content (AvgIpc) is 3.35. The molecule has 2 aromatic heterocycles. The zero-order valence-electron chi connectivity index (χ0n) is 20.9. The molecule has 2 heterocycles. The number of nitrogens with zero attached hydrogens (tertiary/aromatic N) is 2. The minimum absolute atomic E-state index is 0.741. The van der Waals surface area contributed by atoms with Crippen molar-refractivity contribution in [3.05, 3.63) is 58.6 Å². The zero-order chi connectivity index (χ0) is 24.4. The predicted molar refractivity (Wildman–Crippen MR) is 154 cm³/mol. The summed E-state index contributed by atoms with van der Waals surface area (Å²) in [6.45, 7) is 6.55. The van der Waals surface area contributed by atoms with Gasteiger partial charge in [0.05, 0.1) is 5.52 Å². The first-order valence-corrected chi connectivity index (χ1v) is 14.1. The summed E-state index contributed by atoms with van der Waals surface area (Å²) < 4.78 is 6.15. The van der Waals surface area contributed by atoms with E-state index in [1.54, 1.807) is 0 Å². The summed E-state index contributed by atoms with van der Waals surface area (Å²) in [5.41, 5.74) is 5.83. The van der Waals surface area contributed by atoms with Crippen LogP contribution in [0.15, 0.2) is 53.0 Å². The van der Waals surface area contributed by atoms with Crippen molar-refractivity contribution in [2.75, 3.05) is 0 Å². The maximum absolute atomic E-state index is 11.6. The van der Waals surface area contributed by atoms with Crippen molar-refractivity contribution in [2.45, 2.75) is 78.3 Å². The molecule has 3 nitrogen and oxygen atoms in total. The van der Waals surface area contributed by atoms with E-state index in [4.69, 9.17) is 0 Å². The molecule has 0 aliphatic carbocycles. The molecule has 0 saturated heterocycles. The lowest BCUT2D eigenvalue weighted by molar-refractivity contribution is 0.112. The number of hydrogen-bond acceptors (Lipinski definition) is 1. The van der Waals surface area contributed by atoms with E-state index in [9.17, 15) is 4.79 Å². The first kappa shape index (κ1) is 24.1. The fourth-order valence-corrected chi connectivity index (χ4v) is 6.23. The van der Waals surface area contributed by atoms with Crippen molar-refractivity contribution in [3.8, 4) is 0 Å². The van der Waals surface area contributed by atoms with E-state index >= 15 is 0 Å². The highest BCUT2D eigenvalue weighted by atomic mass is 79.9. The number of fused-ring (bicyclic) bond motifs is 6. The van der Waals surface area contributed by atoms with E-state index in [1.807, 2.05) is 6.07 Å². The normalized spacial score (nSPS) is 12.0. The van der Waals surface area contributed by atoms with Crippen LogP contribution in [-0.4, -0.2) is 15.4 Å². The number of rotatable bonds is 11. The maximum atomic E-state index is 11.6. The Kier molecular flexibility index (Phi) is 7.29. The number of unbranched alkanes of at least 4 members (excludes halogenated alkanes) is 6. The van der Waals surface area contributed by atoms with Gasteiger partial charge in [0.1, 0.15) is 6.29 Å². The minimum atomic E-state index is 0.741. The molecule has 0 aliphatic rings. The molecule has 0 atom stereocenters. The van der Waals surface area contributed by atoms with E-state index in [0.717, 1.165) is 29.4 Å². The van der Waals surface area contributed by atoms with Gasteiger partial charge < -0.3 is 9.13 Å².